The molecule has 26 heavy (non-hydrogen) atoms. The van der Waals surface area contributed by atoms with E-state index in [4.69, 9.17) is 0 Å². The topological polar surface area (TPSA) is 86.7 Å². The van der Waals surface area contributed by atoms with E-state index in [-0.39, 0.29) is 30.1 Å². The predicted molar refractivity (Wildman–Crippen MR) is 91.7 cm³/mol. The van der Waals surface area contributed by atoms with Gasteiger partial charge in [-0.2, -0.15) is 0 Å². The summed E-state index contributed by atoms with van der Waals surface area (Å²) >= 11 is 0. The first-order valence-corrected chi connectivity index (χ1v) is 9.00. The van der Waals surface area contributed by atoms with Gasteiger partial charge in [-0.05, 0) is 43.4 Å². The highest BCUT2D eigenvalue weighted by molar-refractivity contribution is 5.86. The van der Waals surface area contributed by atoms with Crippen molar-refractivity contribution in [2.45, 2.75) is 38.1 Å². The van der Waals surface area contributed by atoms with Crippen molar-refractivity contribution in [2.75, 3.05) is 13.1 Å². The zero-order valence-corrected chi connectivity index (χ0v) is 14.5. The zero-order valence-electron chi connectivity index (χ0n) is 14.5. The third kappa shape index (κ3) is 4.59. The number of halogens is 1. The quantitative estimate of drug-likeness (QED) is 0.805. The maximum absolute atomic E-state index is 13.0. The molecule has 1 aliphatic carbocycles. The van der Waals surface area contributed by atoms with E-state index in [1.54, 1.807) is 0 Å². The SMILES string of the molecule is O=C(N[C@H](Cc1ccc(F)cc1)C(=O)O)C1CCN(C(=O)C2CC2)CC1. The molecule has 0 bridgehead atoms. The van der Waals surface area contributed by atoms with Crippen molar-refractivity contribution in [3.05, 3.63) is 35.6 Å². The first kappa shape index (κ1) is 18.4. The Morgan fingerprint density at radius 2 is 1.69 bits per heavy atom. The Labute approximate surface area is 151 Å². The van der Waals surface area contributed by atoms with Gasteiger partial charge in [0, 0.05) is 31.3 Å². The molecule has 0 radical (unpaired) electrons. The van der Waals surface area contributed by atoms with E-state index in [1.807, 2.05) is 4.90 Å². The molecule has 3 rings (SSSR count). The Balaban J connectivity index is 1.52. The van der Waals surface area contributed by atoms with Crippen LogP contribution in [0.3, 0.4) is 0 Å². The molecule has 0 unspecified atom stereocenters. The van der Waals surface area contributed by atoms with Gasteiger partial charge in [-0.15, -0.1) is 0 Å². The summed E-state index contributed by atoms with van der Waals surface area (Å²) < 4.78 is 13.0. The molecular weight excluding hydrogens is 339 g/mol. The van der Waals surface area contributed by atoms with Crippen LogP contribution in [0.25, 0.3) is 0 Å². The largest absolute Gasteiger partial charge is 0.480 e. The van der Waals surface area contributed by atoms with E-state index >= 15 is 0 Å². The highest BCUT2D eigenvalue weighted by Gasteiger charge is 2.36. The van der Waals surface area contributed by atoms with Crippen molar-refractivity contribution in [3.63, 3.8) is 0 Å². The molecule has 0 aromatic heterocycles. The van der Waals surface area contributed by atoms with Gasteiger partial charge in [-0.3, -0.25) is 9.59 Å². The lowest BCUT2D eigenvalue weighted by molar-refractivity contribution is -0.143. The molecule has 2 aliphatic rings. The number of piperidine rings is 1. The lowest BCUT2D eigenvalue weighted by atomic mass is 9.94. The smallest absolute Gasteiger partial charge is 0.326 e. The Bertz CT molecular complexity index is 679. The van der Waals surface area contributed by atoms with E-state index in [0.717, 1.165) is 12.8 Å². The monoisotopic (exact) mass is 362 g/mol. The zero-order chi connectivity index (χ0) is 18.7. The number of hydrogen-bond acceptors (Lipinski definition) is 3. The van der Waals surface area contributed by atoms with E-state index in [0.29, 0.717) is 31.5 Å². The second-order valence-corrected chi connectivity index (χ2v) is 7.10. The summed E-state index contributed by atoms with van der Waals surface area (Å²) in [6.07, 6.45) is 3.12. The molecule has 7 heteroatoms. The van der Waals surface area contributed by atoms with Gasteiger partial charge in [0.25, 0.3) is 0 Å². The van der Waals surface area contributed by atoms with E-state index < -0.39 is 17.8 Å². The van der Waals surface area contributed by atoms with E-state index in [2.05, 4.69) is 5.32 Å². The normalized spacial score (nSPS) is 19.0. The Hall–Kier alpha value is -2.44. The number of nitrogens with one attached hydrogen (secondary N) is 1. The first-order chi connectivity index (χ1) is 12.4. The second-order valence-electron chi connectivity index (χ2n) is 7.10. The minimum atomic E-state index is -1.12. The number of aliphatic carboxylic acids is 1. The van der Waals surface area contributed by atoms with Gasteiger partial charge in [0.15, 0.2) is 0 Å². The van der Waals surface area contributed by atoms with Gasteiger partial charge in [0.05, 0.1) is 0 Å². The fourth-order valence-electron chi connectivity index (χ4n) is 3.30. The highest BCUT2D eigenvalue weighted by Crippen LogP contribution is 2.32. The van der Waals surface area contributed by atoms with Crippen LogP contribution < -0.4 is 5.32 Å². The molecule has 2 amide bonds. The Morgan fingerprint density at radius 3 is 2.23 bits per heavy atom. The number of carbonyl (C=O) groups is 3. The van der Waals surface area contributed by atoms with Crippen LogP contribution >= 0.6 is 0 Å². The molecule has 1 atom stereocenters. The summed E-state index contributed by atoms with van der Waals surface area (Å²) in [7, 11) is 0. The van der Waals surface area contributed by atoms with Crippen molar-refractivity contribution < 1.29 is 23.9 Å². The third-order valence-electron chi connectivity index (χ3n) is 5.07. The number of benzene rings is 1. The summed E-state index contributed by atoms with van der Waals surface area (Å²) in [6.45, 7) is 1.09. The molecule has 2 N–H and O–H groups in total. The van der Waals surface area contributed by atoms with Crippen molar-refractivity contribution >= 4 is 17.8 Å². The molecule has 1 aromatic carbocycles. The van der Waals surface area contributed by atoms with Crippen LogP contribution in [0.2, 0.25) is 0 Å². The Morgan fingerprint density at radius 1 is 1.08 bits per heavy atom. The molecule has 1 heterocycles. The van der Waals surface area contributed by atoms with Crippen LogP contribution in [-0.2, 0) is 20.8 Å². The molecule has 1 saturated heterocycles. The fraction of sp³-hybridized carbons (Fsp3) is 0.526. The van der Waals surface area contributed by atoms with Crippen molar-refractivity contribution in [2.24, 2.45) is 11.8 Å². The molecule has 1 aliphatic heterocycles. The lowest BCUT2D eigenvalue weighted by Crippen LogP contribution is -2.48. The molecule has 1 aromatic rings. The van der Waals surface area contributed by atoms with E-state index in [9.17, 15) is 23.9 Å². The summed E-state index contributed by atoms with van der Waals surface area (Å²) in [5, 5.41) is 12.0. The molecule has 0 spiro atoms. The average Bonchev–Trinajstić information content (AvgIpc) is 3.47. The van der Waals surface area contributed by atoms with Crippen molar-refractivity contribution in [3.8, 4) is 0 Å². The van der Waals surface area contributed by atoms with Crippen LogP contribution in [0.1, 0.15) is 31.2 Å². The Kier molecular flexibility index (Phi) is 5.54. The highest BCUT2D eigenvalue weighted by atomic mass is 19.1. The third-order valence-corrected chi connectivity index (χ3v) is 5.07. The summed E-state index contributed by atoms with van der Waals surface area (Å²) in [4.78, 5) is 37.8. The number of nitrogens with zero attached hydrogens (tertiary/aromatic N) is 1. The maximum Gasteiger partial charge on any atom is 0.326 e. The number of likely N-dealkylation sites (tertiary alicyclic amines) is 1. The van der Waals surface area contributed by atoms with Gasteiger partial charge < -0.3 is 15.3 Å². The van der Waals surface area contributed by atoms with Gasteiger partial charge in [-0.1, -0.05) is 12.1 Å². The van der Waals surface area contributed by atoms with Crippen LogP contribution in [-0.4, -0.2) is 46.9 Å². The minimum absolute atomic E-state index is 0.0976. The van der Waals surface area contributed by atoms with Crippen LogP contribution in [0.15, 0.2) is 24.3 Å². The minimum Gasteiger partial charge on any atom is -0.480 e. The van der Waals surface area contributed by atoms with Crippen LogP contribution in [0.5, 0.6) is 0 Å². The van der Waals surface area contributed by atoms with Gasteiger partial charge in [0.2, 0.25) is 11.8 Å². The fourth-order valence-corrected chi connectivity index (χ4v) is 3.30. The standard InChI is InChI=1S/C19H23FN2O4/c20-15-5-1-12(2-6-15)11-16(19(25)26)21-17(23)13-7-9-22(10-8-13)18(24)14-3-4-14/h1-2,5-6,13-14,16H,3-4,7-11H2,(H,21,23)(H,25,26)/t16-/m1/s1. The average molecular weight is 362 g/mol. The van der Waals surface area contributed by atoms with Gasteiger partial charge in [-0.25, -0.2) is 9.18 Å². The molecule has 2 fully saturated rings. The van der Waals surface area contributed by atoms with Crippen molar-refractivity contribution in [1.29, 1.82) is 0 Å². The number of carboxylic acids is 1. The maximum atomic E-state index is 13.0. The van der Waals surface area contributed by atoms with Crippen LogP contribution in [0, 0.1) is 17.7 Å². The summed E-state index contributed by atoms with van der Waals surface area (Å²) in [5.74, 6) is -1.73. The van der Waals surface area contributed by atoms with Crippen LogP contribution in [0.4, 0.5) is 4.39 Å². The number of carbonyl (C=O) groups excluding carboxylic acids is 2. The number of hydrogen-bond donors (Lipinski definition) is 2. The van der Waals surface area contributed by atoms with Gasteiger partial charge >= 0.3 is 5.97 Å². The van der Waals surface area contributed by atoms with E-state index in [1.165, 1.54) is 24.3 Å². The summed E-state index contributed by atoms with van der Waals surface area (Å²) in [5.41, 5.74) is 0.643. The second kappa shape index (κ2) is 7.85. The predicted octanol–water partition coefficient (Wildman–Crippen LogP) is 1.59. The molecule has 140 valence electrons. The number of rotatable bonds is 6. The molecule has 1 saturated carbocycles. The van der Waals surface area contributed by atoms with Crippen molar-refractivity contribution in [1.82, 2.24) is 10.2 Å². The molecule has 6 nitrogen and oxygen atoms in total. The summed E-state index contributed by atoms with van der Waals surface area (Å²) in [6, 6.07) is 4.50. The number of amides is 2. The lowest BCUT2D eigenvalue weighted by Gasteiger charge is -2.32. The van der Waals surface area contributed by atoms with Gasteiger partial charge in [0.1, 0.15) is 11.9 Å². The molecular formula is C19H23FN2O4. The number of carboxylic acid groups (broad SMARTS) is 1. The first-order valence-electron chi connectivity index (χ1n) is 9.00.